The van der Waals surface area contributed by atoms with Gasteiger partial charge in [0.2, 0.25) is 0 Å². The highest BCUT2D eigenvalue weighted by molar-refractivity contribution is 5.81. The maximum absolute atomic E-state index is 11.0. The summed E-state index contributed by atoms with van der Waals surface area (Å²) < 4.78 is 5.09. The number of aliphatic hydroxyl groups excluding tert-OH is 1. The van der Waals surface area contributed by atoms with Gasteiger partial charge in [-0.3, -0.25) is 0 Å². The zero-order valence-corrected chi connectivity index (χ0v) is 12.0. The zero-order chi connectivity index (χ0) is 14.0. The van der Waals surface area contributed by atoms with Crippen molar-refractivity contribution in [1.29, 1.82) is 0 Å². The van der Waals surface area contributed by atoms with Crippen molar-refractivity contribution in [2.24, 2.45) is 11.8 Å². The molecule has 0 aromatic carbocycles. The Morgan fingerprint density at radius 2 is 2.00 bits per heavy atom. The number of carbonyl (C=O) groups is 1. The van der Waals surface area contributed by atoms with Gasteiger partial charge in [0.25, 0.3) is 0 Å². The minimum atomic E-state index is -0.365. The number of rotatable bonds is 10. The van der Waals surface area contributed by atoms with Crippen molar-refractivity contribution in [2.75, 3.05) is 6.61 Å². The molecule has 0 aromatic rings. The van der Waals surface area contributed by atoms with Crippen LogP contribution in [0.1, 0.15) is 52.9 Å². The van der Waals surface area contributed by atoms with E-state index in [1.807, 2.05) is 0 Å². The molecule has 0 aromatic heterocycles. The maximum Gasteiger partial charge on any atom is 0.330 e. The van der Waals surface area contributed by atoms with Crippen LogP contribution in [0, 0.1) is 11.8 Å². The molecule has 0 aliphatic heterocycles. The Kier molecular flexibility index (Phi) is 9.66. The highest BCUT2D eigenvalue weighted by Crippen LogP contribution is 2.24. The Labute approximate surface area is 111 Å². The van der Waals surface area contributed by atoms with Crippen molar-refractivity contribution < 1.29 is 14.6 Å². The van der Waals surface area contributed by atoms with Crippen LogP contribution < -0.4 is 0 Å². The van der Waals surface area contributed by atoms with Crippen molar-refractivity contribution in [3.8, 4) is 0 Å². The Bertz CT molecular complexity index is 238. The summed E-state index contributed by atoms with van der Waals surface area (Å²) in [5.74, 6) is 0.262. The van der Waals surface area contributed by atoms with E-state index in [0.717, 1.165) is 32.1 Å². The first kappa shape index (κ1) is 17.2. The van der Waals surface area contributed by atoms with E-state index >= 15 is 0 Å². The van der Waals surface area contributed by atoms with Gasteiger partial charge in [0.15, 0.2) is 0 Å². The van der Waals surface area contributed by atoms with E-state index in [9.17, 15) is 9.90 Å². The van der Waals surface area contributed by atoms with Crippen molar-refractivity contribution in [3.63, 3.8) is 0 Å². The van der Waals surface area contributed by atoms with Crippen molar-refractivity contribution in [2.45, 2.75) is 59.0 Å². The Hall–Kier alpha value is -0.830. The molecule has 0 heterocycles. The quantitative estimate of drug-likeness (QED) is 0.482. The molecular weight excluding hydrogens is 228 g/mol. The van der Waals surface area contributed by atoms with Crippen LogP contribution in [0.15, 0.2) is 12.7 Å². The summed E-state index contributed by atoms with van der Waals surface area (Å²) in [7, 11) is 0. The third kappa shape index (κ3) is 6.80. The number of carbonyl (C=O) groups excluding carboxylic acids is 1. The predicted molar refractivity (Wildman–Crippen MR) is 74.2 cm³/mol. The standard InChI is InChI=1S/C15H28O3/c1-5-9-14(16)13(7-3)10-12(6-2)11-18-15(17)8-4/h8,12-14,16H,4-7,9-11H2,1-3H3. The Morgan fingerprint density at radius 1 is 1.33 bits per heavy atom. The molecule has 0 radical (unpaired) electrons. The molecule has 106 valence electrons. The van der Waals surface area contributed by atoms with Gasteiger partial charge < -0.3 is 9.84 Å². The van der Waals surface area contributed by atoms with Crippen LogP contribution in [0.25, 0.3) is 0 Å². The molecular formula is C15H28O3. The molecule has 3 atom stereocenters. The first-order chi connectivity index (χ1) is 8.58. The molecule has 3 nitrogen and oxygen atoms in total. The fourth-order valence-electron chi connectivity index (χ4n) is 2.17. The van der Waals surface area contributed by atoms with Gasteiger partial charge in [0, 0.05) is 6.08 Å². The van der Waals surface area contributed by atoms with Crippen LogP contribution in [0.3, 0.4) is 0 Å². The molecule has 18 heavy (non-hydrogen) atoms. The third-order valence-electron chi connectivity index (χ3n) is 3.49. The summed E-state index contributed by atoms with van der Waals surface area (Å²) in [5.41, 5.74) is 0. The van der Waals surface area contributed by atoms with Crippen LogP contribution >= 0.6 is 0 Å². The zero-order valence-electron chi connectivity index (χ0n) is 12.0. The molecule has 0 fully saturated rings. The highest BCUT2D eigenvalue weighted by Gasteiger charge is 2.21. The molecule has 0 saturated heterocycles. The lowest BCUT2D eigenvalue weighted by molar-refractivity contribution is -0.139. The lowest BCUT2D eigenvalue weighted by atomic mass is 9.86. The van der Waals surface area contributed by atoms with Crippen LogP contribution in [-0.4, -0.2) is 23.8 Å². The topological polar surface area (TPSA) is 46.5 Å². The second-order valence-electron chi connectivity index (χ2n) is 4.87. The SMILES string of the molecule is C=CC(=O)OCC(CC)CC(CC)C(O)CCC. The van der Waals surface area contributed by atoms with Gasteiger partial charge in [-0.1, -0.05) is 46.6 Å². The van der Waals surface area contributed by atoms with Gasteiger partial charge in [-0.25, -0.2) is 4.79 Å². The van der Waals surface area contributed by atoms with Crippen LogP contribution in [-0.2, 0) is 9.53 Å². The number of hydrogen-bond acceptors (Lipinski definition) is 3. The van der Waals surface area contributed by atoms with Crippen LogP contribution in [0.5, 0.6) is 0 Å². The molecule has 0 saturated carbocycles. The normalized spacial score (nSPS) is 15.8. The van der Waals surface area contributed by atoms with Gasteiger partial charge >= 0.3 is 5.97 Å². The summed E-state index contributed by atoms with van der Waals surface area (Å²) in [6.07, 6.45) is 5.65. The van der Waals surface area contributed by atoms with Gasteiger partial charge in [-0.2, -0.15) is 0 Å². The average Bonchev–Trinajstić information content (AvgIpc) is 2.38. The molecule has 1 N–H and O–H groups in total. The van der Waals surface area contributed by atoms with E-state index in [2.05, 4.69) is 27.4 Å². The van der Waals surface area contributed by atoms with Gasteiger partial charge in [-0.15, -0.1) is 0 Å². The first-order valence-electron chi connectivity index (χ1n) is 7.06. The summed E-state index contributed by atoms with van der Waals surface area (Å²) in [4.78, 5) is 11.0. The summed E-state index contributed by atoms with van der Waals surface area (Å²) >= 11 is 0. The highest BCUT2D eigenvalue weighted by atomic mass is 16.5. The average molecular weight is 256 g/mol. The van der Waals surface area contributed by atoms with E-state index in [4.69, 9.17) is 4.74 Å². The molecule has 3 unspecified atom stereocenters. The van der Waals surface area contributed by atoms with E-state index in [1.165, 1.54) is 6.08 Å². The number of esters is 1. The monoisotopic (exact) mass is 256 g/mol. The lowest BCUT2D eigenvalue weighted by Crippen LogP contribution is -2.24. The smallest absolute Gasteiger partial charge is 0.330 e. The molecule has 0 aliphatic rings. The summed E-state index contributed by atoms with van der Waals surface area (Å²) in [6, 6.07) is 0. The minimum Gasteiger partial charge on any atom is -0.462 e. The molecule has 0 aliphatic carbocycles. The molecule has 0 rings (SSSR count). The largest absolute Gasteiger partial charge is 0.462 e. The lowest BCUT2D eigenvalue weighted by Gasteiger charge is -2.25. The second kappa shape index (κ2) is 10.1. The number of ether oxygens (including phenoxy) is 1. The van der Waals surface area contributed by atoms with Crippen LogP contribution in [0.4, 0.5) is 0 Å². The Morgan fingerprint density at radius 3 is 2.44 bits per heavy atom. The molecule has 0 amide bonds. The maximum atomic E-state index is 11.0. The first-order valence-corrected chi connectivity index (χ1v) is 7.06. The van der Waals surface area contributed by atoms with Gasteiger partial charge in [0.05, 0.1) is 12.7 Å². The van der Waals surface area contributed by atoms with E-state index in [0.29, 0.717) is 18.4 Å². The number of hydrogen-bond donors (Lipinski definition) is 1. The fraction of sp³-hybridized carbons (Fsp3) is 0.800. The number of aliphatic hydroxyl groups is 1. The van der Waals surface area contributed by atoms with E-state index in [-0.39, 0.29) is 12.1 Å². The van der Waals surface area contributed by atoms with Gasteiger partial charge in [0.1, 0.15) is 0 Å². The predicted octanol–water partition coefficient (Wildman–Crippen LogP) is 3.32. The second-order valence-corrected chi connectivity index (χ2v) is 4.87. The van der Waals surface area contributed by atoms with Crippen molar-refractivity contribution in [3.05, 3.63) is 12.7 Å². The fourth-order valence-corrected chi connectivity index (χ4v) is 2.17. The third-order valence-corrected chi connectivity index (χ3v) is 3.49. The molecule has 3 heteroatoms. The summed E-state index contributed by atoms with van der Waals surface area (Å²) in [5, 5.41) is 10.1. The molecule has 0 spiro atoms. The van der Waals surface area contributed by atoms with E-state index < -0.39 is 0 Å². The van der Waals surface area contributed by atoms with Crippen LogP contribution in [0.2, 0.25) is 0 Å². The van der Waals surface area contributed by atoms with E-state index in [1.54, 1.807) is 0 Å². The van der Waals surface area contributed by atoms with Crippen molar-refractivity contribution >= 4 is 5.97 Å². The molecule has 0 bridgehead atoms. The summed E-state index contributed by atoms with van der Waals surface area (Å²) in [6.45, 7) is 10.1. The van der Waals surface area contributed by atoms with Crippen molar-refractivity contribution in [1.82, 2.24) is 0 Å². The minimum absolute atomic E-state index is 0.232. The Balaban J connectivity index is 4.21. The van der Waals surface area contributed by atoms with Gasteiger partial charge in [-0.05, 0) is 24.7 Å².